The van der Waals surface area contributed by atoms with Crippen molar-refractivity contribution >= 4 is 5.95 Å². The second-order valence-electron chi connectivity index (χ2n) is 6.18. The van der Waals surface area contributed by atoms with Crippen LogP contribution in [-0.2, 0) is 11.2 Å². The van der Waals surface area contributed by atoms with Crippen molar-refractivity contribution in [1.29, 1.82) is 0 Å². The molecule has 0 radical (unpaired) electrons. The summed E-state index contributed by atoms with van der Waals surface area (Å²) in [6.45, 7) is 2.89. The molecule has 0 amide bonds. The van der Waals surface area contributed by atoms with Crippen LogP contribution in [0.2, 0.25) is 0 Å². The predicted octanol–water partition coefficient (Wildman–Crippen LogP) is 2.67. The number of nitrogens with zero attached hydrogens (tertiary/aromatic N) is 4. The summed E-state index contributed by atoms with van der Waals surface area (Å²) in [6.07, 6.45) is 0.645. The molecule has 26 heavy (non-hydrogen) atoms. The Morgan fingerprint density at radius 1 is 0.885 bits per heavy atom. The van der Waals surface area contributed by atoms with Crippen molar-refractivity contribution in [3.63, 3.8) is 0 Å². The summed E-state index contributed by atoms with van der Waals surface area (Å²) in [6, 6.07) is 17.1. The molecule has 1 fully saturated rings. The third kappa shape index (κ3) is 3.81. The number of morpholine rings is 1. The van der Waals surface area contributed by atoms with Crippen LogP contribution in [-0.4, -0.2) is 46.4 Å². The van der Waals surface area contributed by atoms with E-state index in [0.717, 1.165) is 30.0 Å². The lowest BCUT2D eigenvalue weighted by Crippen LogP contribution is -2.37. The fourth-order valence-corrected chi connectivity index (χ4v) is 2.91. The van der Waals surface area contributed by atoms with Crippen LogP contribution in [0, 0.1) is 0 Å². The number of aromatic hydroxyl groups is 1. The minimum Gasteiger partial charge on any atom is -0.508 e. The molecule has 0 spiro atoms. The molecule has 6 nitrogen and oxygen atoms in total. The maximum atomic E-state index is 9.54. The SMILES string of the molecule is Oc1ccc(-c2nc(Cc3ccccc3)nc(N3CCOCC3)n2)cc1. The Morgan fingerprint density at radius 3 is 2.35 bits per heavy atom. The Kier molecular flexibility index (Phi) is 4.75. The van der Waals surface area contributed by atoms with E-state index >= 15 is 0 Å². The molecule has 0 aliphatic carbocycles. The normalized spacial score (nSPS) is 14.4. The van der Waals surface area contributed by atoms with Crippen LogP contribution in [0.3, 0.4) is 0 Å². The van der Waals surface area contributed by atoms with Crippen molar-refractivity contribution < 1.29 is 9.84 Å². The van der Waals surface area contributed by atoms with Gasteiger partial charge in [-0.15, -0.1) is 0 Å². The minimum atomic E-state index is 0.223. The number of benzene rings is 2. The van der Waals surface area contributed by atoms with Gasteiger partial charge in [-0.05, 0) is 29.8 Å². The molecule has 0 atom stereocenters. The van der Waals surface area contributed by atoms with Gasteiger partial charge in [0.15, 0.2) is 5.82 Å². The molecular weight excluding hydrogens is 328 g/mol. The summed E-state index contributed by atoms with van der Waals surface area (Å²) < 4.78 is 5.43. The van der Waals surface area contributed by atoms with E-state index in [1.807, 2.05) is 30.3 Å². The van der Waals surface area contributed by atoms with Crippen LogP contribution in [0.1, 0.15) is 11.4 Å². The number of rotatable bonds is 4. The summed E-state index contributed by atoms with van der Waals surface area (Å²) in [5, 5.41) is 9.54. The van der Waals surface area contributed by atoms with Gasteiger partial charge in [0.1, 0.15) is 11.6 Å². The number of hydrogen-bond acceptors (Lipinski definition) is 6. The molecule has 132 valence electrons. The van der Waals surface area contributed by atoms with Gasteiger partial charge in [0.05, 0.1) is 13.2 Å². The first kappa shape index (κ1) is 16.5. The van der Waals surface area contributed by atoms with E-state index in [9.17, 15) is 5.11 Å². The average Bonchev–Trinajstić information content (AvgIpc) is 2.70. The lowest BCUT2D eigenvalue weighted by atomic mass is 10.1. The van der Waals surface area contributed by atoms with Gasteiger partial charge < -0.3 is 14.7 Å². The molecule has 3 aromatic rings. The first-order valence-corrected chi connectivity index (χ1v) is 8.69. The zero-order valence-corrected chi connectivity index (χ0v) is 14.4. The number of aromatic nitrogens is 3. The smallest absolute Gasteiger partial charge is 0.229 e. The molecule has 2 heterocycles. The van der Waals surface area contributed by atoms with Crippen LogP contribution >= 0.6 is 0 Å². The summed E-state index contributed by atoms with van der Waals surface area (Å²) >= 11 is 0. The Hall–Kier alpha value is -2.99. The molecule has 0 unspecified atom stereocenters. The second-order valence-corrected chi connectivity index (χ2v) is 6.18. The highest BCUT2D eigenvalue weighted by Gasteiger charge is 2.17. The molecule has 1 aromatic heterocycles. The highest BCUT2D eigenvalue weighted by atomic mass is 16.5. The standard InChI is InChI=1S/C20H20N4O2/c25-17-8-6-16(7-9-17)19-21-18(14-15-4-2-1-3-5-15)22-20(23-19)24-10-12-26-13-11-24/h1-9,25H,10-14H2. The zero-order valence-electron chi connectivity index (χ0n) is 14.4. The second kappa shape index (κ2) is 7.49. The van der Waals surface area contributed by atoms with Crippen LogP contribution in [0.5, 0.6) is 5.75 Å². The van der Waals surface area contributed by atoms with Crippen molar-refractivity contribution in [2.75, 3.05) is 31.2 Å². The summed E-state index contributed by atoms with van der Waals surface area (Å²) in [5.41, 5.74) is 2.01. The first-order valence-electron chi connectivity index (χ1n) is 8.69. The molecule has 2 aromatic carbocycles. The molecule has 6 heteroatoms. The number of hydrogen-bond donors (Lipinski definition) is 1. The van der Waals surface area contributed by atoms with Gasteiger partial charge in [-0.25, -0.2) is 4.98 Å². The van der Waals surface area contributed by atoms with Gasteiger partial charge >= 0.3 is 0 Å². The van der Waals surface area contributed by atoms with E-state index in [2.05, 4.69) is 27.0 Å². The monoisotopic (exact) mass is 348 g/mol. The van der Waals surface area contributed by atoms with Crippen LogP contribution < -0.4 is 4.90 Å². The fraction of sp³-hybridized carbons (Fsp3) is 0.250. The van der Waals surface area contributed by atoms with Crippen molar-refractivity contribution in [3.05, 3.63) is 66.0 Å². The van der Waals surface area contributed by atoms with Crippen LogP contribution in [0.15, 0.2) is 54.6 Å². The van der Waals surface area contributed by atoms with Crippen LogP contribution in [0.25, 0.3) is 11.4 Å². The van der Waals surface area contributed by atoms with E-state index in [1.54, 1.807) is 12.1 Å². The number of phenolic OH excluding ortho intramolecular Hbond substituents is 1. The quantitative estimate of drug-likeness (QED) is 0.782. The minimum absolute atomic E-state index is 0.223. The molecular formula is C20H20N4O2. The molecule has 1 aliphatic heterocycles. The van der Waals surface area contributed by atoms with Gasteiger partial charge in [-0.1, -0.05) is 30.3 Å². The van der Waals surface area contributed by atoms with E-state index in [1.165, 1.54) is 0 Å². The molecule has 0 bridgehead atoms. The van der Waals surface area contributed by atoms with E-state index in [4.69, 9.17) is 9.72 Å². The Morgan fingerprint density at radius 2 is 1.62 bits per heavy atom. The first-order chi connectivity index (χ1) is 12.8. The van der Waals surface area contributed by atoms with Crippen molar-refractivity contribution in [2.45, 2.75) is 6.42 Å². The predicted molar refractivity (Wildman–Crippen MR) is 99.2 cm³/mol. The van der Waals surface area contributed by atoms with Gasteiger partial charge in [-0.2, -0.15) is 9.97 Å². The molecule has 0 saturated carbocycles. The number of phenols is 1. The molecule has 1 aliphatic rings. The van der Waals surface area contributed by atoms with Gasteiger partial charge in [-0.3, -0.25) is 0 Å². The van der Waals surface area contributed by atoms with Gasteiger partial charge in [0.25, 0.3) is 0 Å². The van der Waals surface area contributed by atoms with E-state index in [0.29, 0.717) is 31.4 Å². The number of ether oxygens (including phenoxy) is 1. The molecule has 1 saturated heterocycles. The number of anilines is 1. The highest BCUT2D eigenvalue weighted by molar-refractivity contribution is 5.57. The van der Waals surface area contributed by atoms with Gasteiger partial charge in [0, 0.05) is 25.1 Å². The summed E-state index contributed by atoms with van der Waals surface area (Å²) in [7, 11) is 0. The zero-order chi connectivity index (χ0) is 17.8. The molecule has 1 N–H and O–H groups in total. The summed E-state index contributed by atoms with van der Waals surface area (Å²) in [4.78, 5) is 16.1. The molecule has 4 rings (SSSR count). The lowest BCUT2D eigenvalue weighted by molar-refractivity contribution is 0.122. The largest absolute Gasteiger partial charge is 0.508 e. The third-order valence-corrected chi connectivity index (χ3v) is 4.29. The van der Waals surface area contributed by atoms with Crippen molar-refractivity contribution in [3.8, 4) is 17.1 Å². The lowest BCUT2D eigenvalue weighted by Gasteiger charge is -2.27. The Balaban J connectivity index is 1.72. The van der Waals surface area contributed by atoms with E-state index < -0.39 is 0 Å². The maximum Gasteiger partial charge on any atom is 0.229 e. The highest BCUT2D eigenvalue weighted by Crippen LogP contribution is 2.22. The fourth-order valence-electron chi connectivity index (χ4n) is 2.91. The van der Waals surface area contributed by atoms with Crippen molar-refractivity contribution in [2.24, 2.45) is 0 Å². The van der Waals surface area contributed by atoms with Gasteiger partial charge in [0.2, 0.25) is 5.95 Å². The topological polar surface area (TPSA) is 71.4 Å². The maximum absolute atomic E-state index is 9.54. The van der Waals surface area contributed by atoms with Crippen LogP contribution in [0.4, 0.5) is 5.95 Å². The van der Waals surface area contributed by atoms with E-state index in [-0.39, 0.29) is 5.75 Å². The third-order valence-electron chi connectivity index (χ3n) is 4.29. The Labute approximate surface area is 152 Å². The Bertz CT molecular complexity index is 863. The average molecular weight is 348 g/mol. The summed E-state index contributed by atoms with van der Waals surface area (Å²) in [5.74, 6) is 2.25. The van der Waals surface area contributed by atoms with Crippen molar-refractivity contribution in [1.82, 2.24) is 15.0 Å².